The molecule has 0 radical (unpaired) electrons. The third-order valence-electron chi connectivity index (χ3n) is 5.65. The lowest BCUT2D eigenvalue weighted by Crippen LogP contribution is -2.09. The summed E-state index contributed by atoms with van der Waals surface area (Å²) in [4.78, 5) is 9.51. The third-order valence-corrected chi connectivity index (χ3v) is 7.48. The van der Waals surface area contributed by atoms with E-state index in [2.05, 4.69) is 4.98 Å². The largest absolute Gasteiger partial charge is 0.454 e. The second-order valence-electron chi connectivity index (χ2n) is 7.69. The third kappa shape index (κ3) is 3.08. The van der Waals surface area contributed by atoms with E-state index in [9.17, 15) is 8.42 Å². The van der Waals surface area contributed by atoms with Crippen molar-refractivity contribution >= 4 is 37.9 Å². The van der Waals surface area contributed by atoms with Crippen molar-refractivity contribution in [2.75, 3.05) is 12.5 Å². The SMILES string of the molecule is Nc1c(S(=O)(=O)c2ccccc2)c2nc3ccccc3nc2n1Cc1ccc2c(c1)OCO2. The second-order valence-corrected chi connectivity index (χ2v) is 9.58. The molecule has 0 atom stereocenters. The average molecular weight is 458 g/mol. The van der Waals surface area contributed by atoms with Crippen molar-refractivity contribution < 1.29 is 17.9 Å². The van der Waals surface area contributed by atoms with E-state index in [-0.39, 0.29) is 34.5 Å². The Morgan fingerprint density at radius 2 is 1.58 bits per heavy atom. The van der Waals surface area contributed by atoms with Crippen molar-refractivity contribution in [3.8, 4) is 11.5 Å². The molecule has 9 heteroatoms. The Kier molecular flexibility index (Phi) is 4.27. The van der Waals surface area contributed by atoms with Gasteiger partial charge in [0.25, 0.3) is 0 Å². The quantitative estimate of drug-likeness (QED) is 0.436. The second kappa shape index (κ2) is 7.21. The lowest BCUT2D eigenvalue weighted by molar-refractivity contribution is 0.174. The number of ether oxygens (including phenoxy) is 2. The molecule has 0 saturated carbocycles. The van der Waals surface area contributed by atoms with Crippen LogP contribution in [0.4, 0.5) is 5.82 Å². The first-order chi connectivity index (χ1) is 16.0. The molecular weight excluding hydrogens is 440 g/mol. The Balaban J connectivity index is 1.61. The zero-order chi connectivity index (χ0) is 22.6. The summed E-state index contributed by atoms with van der Waals surface area (Å²) in [5, 5.41) is 0. The van der Waals surface area contributed by atoms with E-state index in [4.69, 9.17) is 20.2 Å². The fourth-order valence-electron chi connectivity index (χ4n) is 4.05. The van der Waals surface area contributed by atoms with E-state index in [0.29, 0.717) is 28.2 Å². The van der Waals surface area contributed by atoms with Crippen LogP contribution in [-0.2, 0) is 16.4 Å². The van der Waals surface area contributed by atoms with Gasteiger partial charge in [0.1, 0.15) is 16.2 Å². The number of nitrogens with zero attached hydrogens (tertiary/aromatic N) is 3. The summed E-state index contributed by atoms with van der Waals surface area (Å²) in [6.45, 7) is 0.459. The molecule has 1 aliphatic rings. The predicted molar refractivity (Wildman–Crippen MR) is 123 cm³/mol. The summed E-state index contributed by atoms with van der Waals surface area (Å²) in [6.07, 6.45) is 0. The Hall–Kier alpha value is -4.11. The van der Waals surface area contributed by atoms with E-state index in [1.54, 1.807) is 41.0 Å². The van der Waals surface area contributed by atoms with Crippen LogP contribution >= 0.6 is 0 Å². The van der Waals surface area contributed by atoms with Gasteiger partial charge in [-0.25, -0.2) is 18.4 Å². The van der Waals surface area contributed by atoms with Crippen LogP contribution in [0.5, 0.6) is 11.5 Å². The van der Waals surface area contributed by atoms with E-state index in [0.717, 1.165) is 5.56 Å². The maximum atomic E-state index is 13.6. The van der Waals surface area contributed by atoms with Gasteiger partial charge in [-0.15, -0.1) is 0 Å². The number of fused-ring (bicyclic) bond motifs is 3. The van der Waals surface area contributed by atoms with Crippen molar-refractivity contribution in [1.82, 2.24) is 14.5 Å². The molecule has 2 aromatic heterocycles. The van der Waals surface area contributed by atoms with Crippen LogP contribution in [0.25, 0.3) is 22.2 Å². The van der Waals surface area contributed by atoms with E-state index >= 15 is 0 Å². The minimum Gasteiger partial charge on any atom is -0.454 e. The van der Waals surface area contributed by atoms with Crippen molar-refractivity contribution in [2.45, 2.75) is 16.3 Å². The molecule has 0 spiro atoms. The van der Waals surface area contributed by atoms with Crippen LogP contribution in [0.15, 0.2) is 82.6 Å². The number of aromatic nitrogens is 3. The average Bonchev–Trinajstić information content (AvgIpc) is 3.40. The van der Waals surface area contributed by atoms with E-state index in [1.807, 2.05) is 36.4 Å². The molecule has 0 amide bonds. The van der Waals surface area contributed by atoms with Gasteiger partial charge in [0.15, 0.2) is 17.1 Å². The minimum atomic E-state index is -3.94. The molecule has 5 aromatic rings. The van der Waals surface area contributed by atoms with Crippen molar-refractivity contribution in [2.24, 2.45) is 0 Å². The molecule has 33 heavy (non-hydrogen) atoms. The molecule has 6 rings (SSSR count). The molecular formula is C24H18N4O4S. The van der Waals surface area contributed by atoms with Crippen molar-refractivity contribution in [3.63, 3.8) is 0 Å². The Labute approximate surface area is 189 Å². The highest BCUT2D eigenvalue weighted by Gasteiger charge is 2.30. The molecule has 0 aliphatic carbocycles. The van der Waals surface area contributed by atoms with Gasteiger partial charge in [0, 0.05) is 0 Å². The number of sulfone groups is 1. The van der Waals surface area contributed by atoms with Gasteiger partial charge in [0.05, 0.1) is 22.5 Å². The fourth-order valence-corrected chi connectivity index (χ4v) is 5.58. The zero-order valence-corrected chi connectivity index (χ0v) is 18.1. The van der Waals surface area contributed by atoms with Crippen LogP contribution in [-0.4, -0.2) is 29.7 Å². The lowest BCUT2D eigenvalue weighted by Gasteiger charge is -2.09. The normalized spacial score (nSPS) is 13.1. The predicted octanol–water partition coefficient (Wildman–Crippen LogP) is 3.78. The number of hydrogen-bond acceptors (Lipinski definition) is 7. The monoisotopic (exact) mass is 458 g/mol. The first-order valence-corrected chi connectivity index (χ1v) is 11.7. The molecule has 0 saturated heterocycles. The van der Waals surface area contributed by atoms with Gasteiger partial charge in [-0.1, -0.05) is 36.4 Å². The maximum Gasteiger partial charge on any atom is 0.231 e. The van der Waals surface area contributed by atoms with Crippen molar-refractivity contribution in [3.05, 3.63) is 78.4 Å². The highest BCUT2D eigenvalue weighted by Crippen LogP contribution is 2.37. The summed E-state index contributed by atoms with van der Waals surface area (Å²) in [5.41, 5.74) is 9.26. The Bertz CT molecular complexity index is 1650. The first-order valence-electron chi connectivity index (χ1n) is 10.3. The van der Waals surface area contributed by atoms with Gasteiger partial charge < -0.3 is 19.8 Å². The number of rotatable bonds is 4. The summed E-state index contributed by atoms with van der Waals surface area (Å²) in [7, 11) is -3.94. The number of nitrogens with two attached hydrogens (primary N) is 1. The molecule has 164 valence electrons. The molecule has 0 bridgehead atoms. The fraction of sp³-hybridized carbons (Fsp3) is 0.0833. The van der Waals surface area contributed by atoms with E-state index in [1.165, 1.54) is 0 Å². The summed E-state index contributed by atoms with van der Waals surface area (Å²) in [5.74, 6) is 1.39. The van der Waals surface area contributed by atoms with E-state index < -0.39 is 9.84 Å². The van der Waals surface area contributed by atoms with Gasteiger partial charge >= 0.3 is 0 Å². The Morgan fingerprint density at radius 1 is 0.879 bits per heavy atom. The number of hydrogen-bond donors (Lipinski definition) is 1. The molecule has 1 aliphatic heterocycles. The summed E-state index contributed by atoms with van der Waals surface area (Å²) < 4.78 is 39.8. The maximum absolute atomic E-state index is 13.6. The first kappa shape index (κ1) is 19.6. The van der Waals surface area contributed by atoms with Gasteiger partial charge in [-0.3, -0.25) is 0 Å². The highest BCUT2D eigenvalue weighted by atomic mass is 32.2. The van der Waals surface area contributed by atoms with Crippen LogP contribution in [0, 0.1) is 0 Å². The van der Waals surface area contributed by atoms with Crippen LogP contribution in [0.3, 0.4) is 0 Å². The van der Waals surface area contributed by atoms with Crippen molar-refractivity contribution in [1.29, 1.82) is 0 Å². The molecule has 3 aromatic carbocycles. The van der Waals surface area contributed by atoms with Gasteiger partial charge in [0.2, 0.25) is 16.6 Å². The van der Waals surface area contributed by atoms with Crippen LogP contribution < -0.4 is 15.2 Å². The van der Waals surface area contributed by atoms with Crippen LogP contribution in [0.1, 0.15) is 5.56 Å². The number of nitrogen functional groups attached to an aromatic ring is 1. The molecule has 8 nitrogen and oxygen atoms in total. The smallest absolute Gasteiger partial charge is 0.231 e. The molecule has 3 heterocycles. The summed E-state index contributed by atoms with van der Waals surface area (Å²) >= 11 is 0. The molecule has 2 N–H and O–H groups in total. The lowest BCUT2D eigenvalue weighted by atomic mass is 10.2. The highest BCUT2D eigenvalue weighted by molar-refractivity contribution is 7.92. The standard InChI is InChI=1S/C24H18N4O4S/c25-23-22(33(29,30)16-6-2-1-3-7-16)21-24(27-18-9-5-4-8-17(18)26-21)28(23)13-15-10-11-19-20(12-15)32-14-31-19/h1-12H,13-14,25H2. The molecule has 0 unspecified atom stereocenters. The van der Waals surface area contributed by atoms with Crippen LogP contribution in [0.2, 0.25) is 0 Å². The minimum absolute atomic E-state index is 0.0392. The zero-order valence-electron chi connectivity index (χ0n) is 17.3. The number of anilines is 1. The van der Waals surface area contributed by atoms with Gasteiger partial charge in [-0.2, -0.15) is 0 Å². The molecule has 0 fully saturated rings. The summed E-state index contributed by atoms with van der Waals surface area (Å²) in [6, 6.07) is 21.1. The Morgan fingerprint density at radius 3 is 2.36 bits per heavy atom. The number of benzene rings is 3. The number of para-hydroxylation sites is 2. The topological polar surface area (TPSA) is 109 Å². The van der Waals surface area contributed by atoms with Gasteiger partial charge in [-0.05, 0) is 42.0 Å².